The first kappa shape index (κ1) is 19.4. The molecule has 2 N–H and O–H groups in total. The molecule has 0 atom stereocenters. The summed E-state index contributed by atoms with van der Waals surface area (Å²) in [6.45, 7) is 1.32. The van der Waals surface area contributed by atoms with E-state index in [1.54, 1.807) is 34.1 Å². The van der Waals surface area contributed by atoms with Crippen LogP contribution in [0, 0.1) is 5.82 Å². The lowest BCUT2D eigenvalue weighted by Gasteiger charge is -2.30. The largest absolute Gasteiger partial charge is 0.337 e. The van der Waals surface area contributed by atoms with Gasteiger partial charge in [-0.05, 0) is 37.1 Å². The Kier molecular flexibility index (Phi) is 7.00. The number of nitrogens with zero attached hydrogens (tertiary/aromatic N) is 3. The quantitative estimate of drug-likeness (QED) is 0.894. The van der Waals surface area contributed by atoms with Crippen molar-refractivity contribution in [2.45, 2.75) is 18.9 Å². The predicted octanol–water partition coefficient (Wildman–Crippen LogP) is 2.42. The number of halogens is 3. The van der Waals surface area contributed by atoms with Crippen molar-refractivity contribution >= 4 is 30.7 Å². The minimum absolute atomic E-state index is 0. The van der Waals surface area contributed by atoms with Gasteiger partial charge in [-0.1, -0.05) is 0 Å². The maximum Gasteiger partial charge on any atom is 0.272 e. The normalized spacial score (nSPS) is 14.8. The third kappa shape index (κ3) is 4.22. The lowest BCUT2D eigenvalue weighted by molar-refractivity contribution is 0.0706. The molecule has 0 spiro atoms. The first-order valence-electron chi connectivity index (χ1n) is 6.98. The van der Waals surface area contributed by atoms with E-state index in [-0.39, 0.29) is 42.6 Å². The zero-order valence-electron chi connectivity index (χ0n) is 12.4. The number of piperidine rings is 1. The molecule has 1 aromatic heterocycles. The zero-order chi connectivity index (χ0) is 14.8. The Balaban J connectivity index is 0.00000132. The van der Waals surface area contributed by atoms with Crippen LogP contribution in [0.5, 0.6) is 0 Å². The number of nitrogens with two attached hydrogens (primary N) is 1. The van der Waals surface area contributed by atoms with Crippen LogP contribution in [0.2, 0.25) is 0 Å². The number of amides is 1. The molecule has 1 aliphatic heterocycles. The second kappa shape index (κ2) is 8.29. The molecule has 2 aromatic rings. The molecule has 1 saturated heterocycles. The van der Waals surface area contributed by atoms with Crippen molar-refractivity contribution in [1.29, 1.82) is 0 Å². The molecule has 1 aliphatic rings. The third-order valence-electron chi connectivity index (χ3n) is 3.79. The third-order valence-corrected chi connectivity index (χ3v) is 3.79. The second-order valence-corrected chi connectivity index (χ2v) is 5.25. The van der Waals surface area contributed by atoms with Gasteiger partial charge in [0.25, 0.3) is 5.91 Å². The number of imidazole rings is 1. The van der Waals surface area contributed by atoms with Gasteiger partial charge in [-0.15, -0.1) is 24.8 Å². The van der Waals surface area contributed by atoms with E-state index in [4.69, 9.17) is 5.73 Å². The maximum atomic E-state index is 13.0. The molecule has 0 saturated carbocycles. The summed E-state index contributed by atoms with van der Waals surface area (Å²) in [5.74, 6) is -0.375. The Morgan fingerprint density at radius 3 is 2.39 bits per heavy atom. The number of hydrogen-bond donors (Lipinski definition) is 1. The zero-order valence-corrected chi connectivity index (χ0v) is 14.0. The van der Waals surface area contributed by atoms with Gasteiger partial charge >= 0.3 is 0 Å². The summed E-state index contributed by atoms with van der Waals surface area (Å²) in [5, 5.41) is 0. The maximum absolute atomic E-state index is 13.0. The molecule has 5 nitrogen and oxygen atoms in total. The van der Waals surface area contributed by atoms with Crippen molar-refractivity contribution in [1.82, 2.24) is 14.5 Å². The lowest BCUT2D eigenvalue weighted by atomic mass is 10.1. The van der Waals surface area contributed by atoms with Gasteiger partial charge < -0.3 is 10.6 Å². The number of benzene rings is 1. The lowest BCUT2D eigenvalue weighted by Crippen LogP contribution is -2.43. The van der Waals surface area contributed by atoms with E-state index in [1.807, 2.05) is 0 Å². The molecule has 1 fully saturated rings. The van der Waals surface area contributed by atoms with Crippen molar-refractivity contribution in [2.75, 3.05) is 13.1 Å². The standard InChI is InChI=1S/C15H17FN4O.2ClH/c16-11-1-3-13(4-2-11)20-10-18-9-14(20)15(21)19-7-5-12(17)6-8-19;;/h1-4,9-10,12H,5-8,17H2;2*1H. The number of carbonyl (C=O) groups is 1. The topological polar surface area (TPSA) is 64.2 Å². The molecule has 8 heteroatoms. The summed E-state index contributed by atoms with van der Waals surface area (Å²) in [6.07, 6.45) is 4.74. The Labute approximate surface area is 146 Å². The van der Waals surface area contributed by atoms with Gasteiger partial charge in [0.05, 0.1) is 12.5 Å². The summed E-state index contributed by atoms with van der Waals surface area (Å²) in [7, 11) is 0. The van der Waals surface area contributed by atoms with Crippen LogP contribution in [0.4, 0.5) is 4.39 Å². The highest BCUT2D eigenvalue weighted by molar-refractivity contribution is 5.93. The van der Waals surface area contributed by atoms with Gasteiger partial charge in [0, 0.05) is 24.8 Å². The van der Waals surface area contributed by atoms with Gasteiger partial charge in [0.15, 0.2) is 0 Å². The van der Waals surface area contributed by atoms with Crippen molar-refractivity contribution in [3.8, 4) is 5.69 Å². The minimum Gasteiger partial charge on any atom is -0.337 e. The highest BCUT2D eigenvalue weighted by Gasteiger charge is 2.24. The first-order valence-corrected chi connectivity index (χ1v) is 6.98. The number of hydrogen-bond acceptors (Lipinski definition) is 3. The monoisotopic (exact) mass is 360 g/mol. The van der Waals surface area contributed by atoms with E-state index in [0.717, 1.165) is 12.8 Å². The van der Waals surface area contributed by atoms with E-state index < -0.39 is 0 Å². The van der Waals surface area contributed by atoms with Gasteiger partial charge in [0.1, 0.15) is 11.5 Å². The van der Waals surface area contributed by atoms with E-state index in [9.17, 15) is 9.18 Å². The van der Waals surface area contributed by atoms with Crippen LogP contribution in [0.25, 0.3) is 5.69 Å². The van der Waals surface area contributed by atoms with E-state index >= 15 is 0 Å². The minimum atomic E-state index is -0.309. The van der Waals surface area contributed by atoms with Crippen molar-refractivity contribution < 1.29 is 9.18 Å². The Morgan fingerprint density at radius 1 is 1.17 bits per heavy atom. The molecule has 0 bridgehead atoms. The molecule has 1 aromatic carbocycles. The van der Waals surface area contributed by atoms with Crippen LogP contribution in [0.1, 0.15) is 23.3 Å². The predicted molar refractivity (Wildman–Crippen MR) is 91.1 cm³/mol. The summed E-state index contributed by atoms with van der Waals surface area (Å²) in [4.78, 5) is 18.4. The smallest absolute Gasteiger partial charge is 0.272 e. The number of carbonyl (C=O) groups excluding carboxylic acids is 1. The molecule has 1 amide bonds. The highest BCUT2D eigenvalue weighted by atomic mass is 35.5. The molecular formula is C15H19Cl2FN4O. The van der Waals surface area contributed by atoms with Crippen molar-refractivity contribution in [2.24, 2.45) is 5.73 Å². The van der Waals surface area contributed by atoms with Crippen LogP contribution in [0.3, 0.4) is 0 Å². The van der Waals surface area contributed by atoms with Gasteiger partial charge in [-0.2, -0.15) is 0 Å². The Bertz CT molecular complexity index is 639. The molecule has 23 heavy (non-hydrogen) atoms. The van der Waals surface area contributed by atoms with Crippen molar-refractivity contribution in [3.05, 3.63) is 48.3 Å². The highest BCUT2D eigenvalue weighted by Crippen LogP contribution is 2.16. The molecule has 0 unspecified atom stereocenters. The van der Waals surface area contributed by atoms with Gasteiger partial charge in [-0.3, -0.25) is 9.36 Å². The summed E-state index contributed by atoms with van der Waals surface area (Å²) < 4.78 is 14.7. The average molecular weight is 361 g/mol. The summed E-state index contributed by atoms with van der Waals surface area (Å²) >= 11 is 0. The fraction of sp³-hybridized carbons (Fsp3) is 0.333. The summed E-state index contributed by atoms with van der Waals surface area (Å²) in [6, 6.07) is 6.16. The molecule has 0 radical (unpaired) electrons. The van der Waals surface area contributed by atoms with Crippen LogP contribution in [-0.4, -0.2) is 39.5 Å². The van der Waals surface area contributed by atoms with E-state index in [0.29, 0.717) is 24.5 Å². The fourth-order valence-corrected chi connectivity index (χ4v) is 2.53. The first-order chi connectivity index (χ1) is 10.1. The molecule has 3 rings (SSSR count). The SMILES string of the molecule is Cl.Cl.NC1CCN(C(=O)c2cncn2-c2ccc(F)cc2)CC1. The Hall–Kier alpha value is -1.63. The average Bonchev–Trinajstić information content (AvgIpc) is 2.97. The molecule has 126 valence electrons. The van der Waals surface area contributed by atoms with Crippen LogP contribution in [0.15, 0.2) is 36.8 Å². The van der Waals surface area contributed by atoms with Gasteiger partial charge in [-0.25, -0.2) is 9.37 Å². The number of rotatable bonds is 2. The van der Waals surface area contributed by atoms with Crippen LogP contribution < -0.4 is 5.73 Å². The van der Waals surface area contributed by atoms with Crippen LogP contribution in [-0.2, 0) is 0 Å². The van der Waals surface area contributed by atoms with Crippen LogP contribution >= 0.6 is 24.8 Å². The molecular weight excluding hydrogens is 342 g/mol. The molecule has 2 heterocycles. The van der Waals surface area contributed by atoms with E-state index in [1.165, 1.54) is 12.1 Å². The van der Waals surface area contributed by atoms with Gasteiger partial charge in [0.2, 0.25) is 0 Å². The summed E-state index contributed by atoms with van der Waals surface area (Å²) in [5.41, 5.74) is 7.06. The second-order valence-electron chi connectivity index (χ2n) is 5.25. The Morgan fingerprint density at radius 2 is 1.78 bits per heavy atom. The number of likely N-dealkylation sites (tertiary alicyclic amines) is 1. The van der Waals surface area contributed by atoms with Crippen molar-refractivity contribution in [3.63, 3.8) is 0 Å². The van der Waals surface area contributed by atoms with E-state index in [2.05, 4.69) is 4.98 Å². The molecule has 0 aliphatic carbocycles. The fourth-order valence-electron chi connectivity index (χ4n) is 2.53. The number of aromatic nitrogens is 2.